The van der Waals surface area contributed by atoms with Gasteiger partial charge in [0.15, 0.2) is 0 Å². The minimum Gasteiger partial charge on any atom is -0.309 e. The van der Waals surface area contributed by atoms with Gasteiger partial charge in [-0.05, 0) is 19.9 Å². The van der Waals surface area contributed by atoms with Crippen LogP contribution in [0.25, 0.3) is 0 Å². The summed E-state index contributed by atoms with van der Waals surface area (Å²) in [5, 5.41) is 11.7. The summed E-state index contributed by atoms with van der Waals surface area (Å²) in [6.07, 6.45) is 0. The highest BCUT2D eigenvalue weighted by Gasteiger charge is 2.22. The molecule has 0 bridgehead atoms. The zero-order valence-electron chi connectivity index (χ0n) is 11.8. The van der Waals surface area contributed by atoms with Crippen molar-refractivity contribution < 1.29 is 4.79 Å². The highest BCUT2D eigenvalue weighted by atomic mass is 32.2. The molecule has 3 rings (SSSR count). The maximum atomic E-state index is 12.2. The molecule has 1 aliphatic rings. The first-order chi connectivity index (χ1) is 9.54. The zero-order chi connectivity index (χ0) is 14.3. The van der Waals surface area contributed by atoms with E-state index in [0.717, 1.165) is 40.0 Å². The summed E-state index contributed by atoms with van der Waals surface area (Å²) >= 11 is 1.82. The largest absolute Gasteiger partial charge is 0.309 e. The Bertz CT molecular complexity index is 673. The first-order valence-corrected chi connectivity index (χ1v) is 7.63. The van der Waals surface area contributed by atoms with Crippen molar-refractivity contribution in [3.05, 3.63) is 28.7 Å². The Hall–Kier alpha value is -1.76. The van der Waals surface area contributed by atoms with E-state index in [1.54, 1.807) is 9.36 Å². The van der Waals surface area contributed by atoms with Crippen LogP contribution in [0, 0.1) is 13.8 Å². The van der Waals surface area contributed by atoms with Crippen LogP contribution in [-0.4, -0.2) is 25.5 Å². The molecule has 0 fully saturated rings. The molecule has 0 saturated carbocycles. The van der Waals surface area contributed by atoms with Crippen LogP contribution >= 0.6 is 11.8 Å². The fraction of sp³-hybridized carbons (Fsp3) is 0.462. The van der Waals surface area contributed by atoms with E-state index in [-0.39, 0.29) is 12.5 Å². The Kier molecular flexibility index (Phi) is 3.29. The van der Waals surface area contributed by atoms with Crippen LogP contribution in [-0.2, 0) is 29.9 Å². The summed E-state index contributed by atoms with van der Waals surface area (Å²) < 4.78 is 3.47. The van der Waals surface area contributed by atoms with Crippen molar-refractivity contribution in [2.24, 2.45) is 7.05 Å². The molecular weight excluding hydrogens is 274 g/mol. The lowest BCUT2D eigenvalue weighted by Gasteiger charge is -2.08. The van der Waals surface area contributed by atoms with Crippen LogP contribution in [0.4, 0.5) is 5.82 Å². The third-order valence-corrected chi connectivity index (χ3v) is 4.34. The topological polar surface area (TPSA) is 64.7 Å². The molecule has 0 atom stereocenters. The fourth-order valence-electron chi connectivity index (χ4n) is 2.44. The third-order valence-electron chi connectivity index (χ3n) is 3.37. The molecule has 1 amide bonds. The van der Waals surface area contributed by atoms with E-state index in [4.69, 9.17) is 0 Å². The second-order valence-corrected chi connectivity index (χ2v) is 6.01. The summed E-state index contributed by atoms with van der Waals surface area (Å²) in [6.45, 7) is 4.10. The van der Waals surface area contributed by atoms with Gasteiger partial charge in [-0.15, -0.1) is 0 Å². The van der Waals surface area contributed by atoms with Crippen molar-refractivity contribution in [1.29, 1.82) is 0 Å². The number of carbonyl (C=O) groups is 1. The maximum absolute atomic E-state index is 12.2. The summed E-state index contributed by atoms with van der Waals surface area (Å²) in [6, 6.07) is 1.96. The van der Waals surface area contributed by atoms with Gasteiger partial charge in [0.1, 0.15) is 12.4 Å². The quantitative estimate of drug-likeness (QED) is 0.933. The number of aromatic nitrogens is 4. The predicted octanol–water partition coefficient (Wildman–Crippen LogP) is 1.62. The minimum atomic E-state index is -0.0705. The third kappa shape index (κ3) is 2.33. The molecule has 7 heteroatoms. The molecular formula is C13H17N5OS. The van der Waals surface area contributed by atoms with Crippen LogP contribution in [0.2, 0.25) is 0 Å². The molecule has 3 heterocycles. The number of fused-ring (bicyclic) bond motifs is 1. The summed E-state index contributed by atoms with van der Waals surface area (Å²) in [5.41, 5.74) is 4.15. The molecule has 0 radical (unpaired) electrons. The second-order valence-electron chi connectivity index (χ2n) is 5.02. The van der Waals surface area contributed by atoms with Crippen molar-refractivity contribution >= 4 is 23.5 Å². The number of hydrogen-bond donors (Lipinski definition) is 1. The van der Waals surface area contributed by atoms with Crippen LogP contribution in [0.3, 0.4) is 0 Å². The Morgan fingerprint density at radius 2 is 2.20 bits per heavy atom. The summed E-state index contributed by atoms with van der Waals surface area (Å²) in [4.78, 5) is 12.2. The van der Waals surface area contributed by atoms with E-state index in [9.17, 15) is 4.79 Å². The predicted molar refractivity (Wildman–Crippen MR) is 78.5 cm³/mol. The molecule has 0 unspecified atom stereocenters. The van der Waals surface area contributed by atoms with Crippen LogP contribution in [0.5, 0.6) is 0 Å². The first kappa shape index (κ1) is 13.2. The molecule has 1 aliphatic heterocycles. The van der Waals surface area contributed by atoms with Crippen molar-refractivity contribution in [1.82, 2.24) is 19.6 Å². The highest BCUT2D eigenvalue weighted by Crippen LogP contribution is 2.34. The van der Waals surface area contributed by atoms with Gasteiger partial charge in [-0.3, -0.25) is 14.2 Å². The summed E-state index contributed by atoms with van der Waals surface area (Å²) in [7, 11) is 1.86. The number of nitrogens with one attached hydrogen (secondary N) is 1. The molecule has 0 aliphatic carbocycles. The normalized spacial score (nSPS) is 13.6. The van der Waals surface area contributed by atoms with Crippen molar-refractivity contribution in [3.63, 3.8) is 0 Å². The van der Waals surface area contributed by atoms with E-state index >= 15 is 0 Å². The van der Waals surface area contributed by atoms with E-state index in [1.807, 2.05) is 38.7 Å². The number of aryl methyl sites for hydroxylation is 3. The number of nitrogens with zero attached hydrogens (tertiary/aromatic N) is 4. The van der Waals surface area contributed by atoms with Crippen molar-refractivity contribution in [2.75, 3.05) is 5.32 Å². The lowest BCUT2D eigenvalue weighted by molar-refractivity contribution is -0.117. The maximum Gasteiger partial charge on any atom is 0.247 e. The van der Waals surface area contributed by atoms with Gasteiger partial charge in [-0.25, -0.2) is 0 Å². The number of rotatable bonds is 3. The molecule has 6 nitrogen and oxygen atoms in total. The van der Waals surface area contributed by atoms with E-state index < -0.39 is 0 Å². The second kappa shape index (κ2) is 4.97. The van der Waals surface area contributed by atoms with Crippen LogP contribution in [0.15, 0.2) is 6.07 Å². The number of amides is 1. The number of anilines is 1. The zero-order valence-corrected chi connectivity index (χ0v) is 12.6. The number of carbonyl (C=O) groups excluding carboxylic acids is 1. The van der Waals surface area contributed by atoms with Crippen molar-refractivity contribution in [2.45, 2.75) is 31.9 Å². The molecule has 106 valence electrons. The van der Waals surface area contributed by atoms with Gasteiger partial charge in [0, 0.05) is 29.8 Å². The fourth-order valence-corrected chi connectivity index (χ4v) is 3.47. The average molecular weight is 291 g/mol. The minimum absolute atomic E-state index is 0.0705. The average Bonchev–Trinajstić information content (AvgIpc) is 3.00. The van der Waals surface area contributed by atoms with Gasteiger partial charge in [-0.1, -0.05) is 0 Å². The smallest absolute Gasteiger partial charge is 0.247 e. The van der Waals surface area contributed by atoms with E-state index in [1.165, 1.54) is 0 Å². The number of thioether (sulfide) groups is 1. The van der Waals surface area contributed by atoms with Crippen LogP contribution < -0.4 is 5.32 Å². The van der Waals surface area contributed by atoms with Gasteiger partial charge >= 0.3 is 0 Å². The monoisotopic (exact) mass is 291 g/mol. The molecule has 2 aromatic rings. The van der Waals surface area contributed by atoms with Gasteiger partial charge < -0.3 is 5.32 Å². The van der Waals surface area contributed by atoms with Gasteiger partial charge in [0.25, 0.3) is 0 Å². The molecule has 0 spiro atoms. The highest BCUT2D eigenvalue weighted by molar-refractivity contribution is 7.98. The van der Waals surface area contributed by atoms with Gasteiger partial charge in [-0.2, -0.15) is 22.0 Å². The molecule has 20 heavy (non-hydrogen) atoms. The Labute approximate surface area is 121 Å². The Balaban J connectivity index is 1.75. The first-order valence-electron chi connectivity index (χ1n) is 6.48. The Morgan fingerprint density at radius 3 is 2.90 bits per heavy atom. The lowest BCUT2D eigenvalue weighted by atomic mass is 10.3. The molecule has 2 aromatic heterocycles. The Morgan fingerprint density at radius 1 is 1.40 bits per heavy atom. The lowest BCUT2D eigenvalue weighted by Crippen LogP contribution is -2.22. The van der Waals surface area contributed by atoms with Crippen molar-refractivity contribution in [3.8, 4) is 0 Å². The SMILES string of the molecule is Cc1cc(C)n(CC(=O)Nc2c3c(nn2C)CSC3)n1. The van der Waals surface area contributed by atoms with E-state index in [2.05, 4.69) is 15.5 Å². The molecule has 0 saturated heterocycles. The van der Waals surface area contributed by atoms with Gasteiger partial charge in [0.05, 0.1) is 11.4 Å². The molecule has 1 N–H and O–H groups in total. The standard InChI is InChI=1S/C13H17N5OS/c1-8-4-9(2)18(15-8)5-12(19)14-13-10-6-20-7-11(10)16-17(13)3/h4H,5-7H2,1-3H3,(H,14,19). The van der Waals surface area contributed by atoms with Gasteiger partial charge in [0.2, 0.25) is 5.91 Å². The van der Waals surface area contributed by atoms with E-state index in [0.29, 0.717) is 0 Å². The molecule has 0 aromatic carbocycles. The summed E-state index contributed by atoms with van der Waals surface area (Å²) in [5.74, 6) is 2.59. The number of hydrogen-bond acceptors (Lipinski definition) is 4. The van der Waals surface area contributed by atoms with Crippen LogP contribution in [0.1, 0.15) is 22.6 Å².